The Labute approximate surface area is 109 Å². The highest BCUT2D eigenvalue weighted by atomic mass is 32.2. The van der Waals surface area contributed by atoms with E-state index in [1.54, 1.807) is 0 Å². The van der Waals surface area contributed by atoms with Crippen LogP contribution in [-0.4, -0.2) is 16.8 Å². The first-order valence-electron chi connectivity index (χ1n) is 6.64. The van der Waals surface area contributed by atoms with Gasteiger partial charge in [0.1, 0.15) is 5.82 Å². The summed E-state index contributed by atoms with van der Waals surface area (Å²) in [4.78, 5) is 5.67. The Morgan fingerprint density at radius 3 is 3.12 bits per heavy atom. The van der Waals surface area contributed by atoms with Crippen molar-refractivity contribution < 1.29 is 0 Å². The van der Waals surface area contributed by atoms with Crippen LogP contribution < -0.4 is 5.32 Å². The van der Waals surface area contributed by atoms with E-state index in [0.29, 0.717) is 0 Å². The summed E-state index contributed by atoms with van der Waals surface area (Å²) in [5, 5.41) is 4.07. The molecule has 1 N–H and O–H groups in total. The molecule has 1 heterocycles. The van der Waals surface area contributed by atoms with Gasteiger partial charge in [-0.25, -0.2) is 4.98 Å². The van der Waals surface area contributed by atoms with E-state index in [9.17, 15) is 0 Å². The van der Waals surface area contributed by atoms with Crippen molar-refractivity contribution in [3.8, 4) is 0 Å². The Bertz CT molecular complexity index is 354. The minimum absolute atomic E-state index is 0.802. The molecule has 0 aliphatic heterocycles. The van der Waals surface area contributed by atoms with E-state index in [0.717, 1.165) is 23.5 Å². The molecule has 0 bridgehead atoms. The third-order valence-electron chi connectivity index (χ3n) is 3.28. The number of rotatable bonds is 4. The number of hydrogen-bond acceptors (Lipinski definition) is 3. The van der Waals surface area contributed by atoms with Crippen molar-refractivity contribution in [3.63, 3.8) is 0 Å². The molecular formula is C14H22N2S. The van der Waals surface area contributed by atoms with E-state index in [2.05, 4.69) is 36.3 Å². The Balaban J connectivity index is 1.95. The second kappa shape index (κ2) is 6.29. The van der Waals surface area contributed by atoms with E-state index >= 15 is 0 Å². The van der Waals surface area contributed by atoms with Crippen LogP contribution in [0.25, 0.3) is 0 Å². The smallest absolute Gasteiger partial charge is 0.126 e. The van der Waals surface area contributed by atoms with Crippen molar-refractivity contribution in [2.24, 2.45) is 5.92 Å². The summed E-state index contributed by atoms with van der Waals surface area (Å²) in [7, 11) is 0. The fourth-order valence-electron chi connectivity index (χ4n) is 2.44. The van der Waals surface area contributed by atoms with Gasteiger partial charge < -0.3 is 5.32 Å². The molecular weight excluding hydrogens is 228 g/mol. The molecule has 3 heteroatoms. The molecule has 17 heavy (non-hydrogen) atoms. The molecule has 0 radical (unpaired) electrons. The summed E-state index contributed by atoms with van der Waals surface area (Å²) < 4.78 is 0. The predicted octanol–water partition coefficient (Wildman–Crippen LogP) is 4.18. The molecule has 0 spiro atoms. The van der Waals surface area contributed by atoms with E-state index in [1.165, 1.54) is 30.6 Å². The van der Waals surface area contributed by atoms with Crippen molar-refractivity contribution >= 4 is 17.6 Å². The summed E-state index contributed by atoms with van der Waals surface area (Å²) in [5.74, 6) is 1.90. The Morgan fingerprint density at radius 2 is 2.35 bits per heavy atom. The standard InChI is InChI=1S/C14H22N2S/c1-3-15-14-10-13(7-8-16-14)17-12-6-4-5-11(2)9-12/h7-8,10-12H,3-6,9H2,1-2H3,(H,15,16). The molecule has 1 aromatic heterocycles. The van der Waals surface area contributed by atoms with Crippen LogP contribution in [0.3, 0.4) is 0 Å². The Kier molecular flexibility index (Phi) is 4.72. The van der Waals surface area contributed by atoms with Gasteiger partial charge in [0.15, 0.2) is 0 Å². The van der Waals surface area contributed by atoms with Gasteiger partial charge in [-0.1, -0.05) is 19.8 Å². The Hall–Kier alpha value is -0.700. The van der Waals surface area contributed by atoms with E-state index in [1.807, 2.05) is 18.0 Å². The average molecular weight is 250 g/mol. The normalized spacial score (nSPS) is 24.6. The van der Waals surface area contributed by atoms with Crippen LogP contribution in [0, 0.1) is 5.92 Å². The molecule has 2 atom stereocenters. The summed E-state index contributed by atoms with van der Waals surface area (Å²) >= 11 is 2.03. The van der Waals surface area contributed by atoms with Crippen LogP contribution in [0.15, 0.2) is 23.2 Å². The zero-order valence-electron chi connectivity index (χ0n) is 10.8. The molecule has 1 aromatic rings. The highest BCUT2D eigenvalue weighted by molar-refractivity contribution is 8.00. The maximum Gasteiger partial charge on any atom is 0.126 e. The number of nitrogens with zero attached hydrogens (tertiary/aromatic N) is 1. The number of nitrogens with one attached hydrogen (secondary N) is 1. The molecule has 1 aliphatic rings. The van der Waals surface area contributed by atoms with Crippen molar-refractivity contribution in [1.82, 2.24) is 4.98 Å². The predicted molar refractivity (Wildman–Crippen MR) is 75.7 cm³/mol. The third-order valence-corrected chi connectivity index (χ3v) is 4.57. The molecule has 94 valence electrons. The van der Waals surface area contributed by atoms with Crippen LogP contribution in [0.4, 0.5) is 5.82 Å². The molecule has 0 aromatic carbocycles. The van der Waals surface area contributed by atoms with Gasteiger partial charge in [-0.3, -0.25) is 0 Å². The quantitative estimate of drug-likeness (QED) is 0.867. The lowest BCUT2D eigenvalue weighted by atomic mass is 9.91. The first-order chi connectivity index (χ1) is 8.28. The van der Waals surface area contributed by atoms with Gasteiger partial charge in [-0.15, -0.1) is 11.8 Å². The van der Waals surface area contributed by atoms with Crippen molar-refractivity contribution in [1.29, 1.82) is 0 Å². The number of hydrogen-bond donors (Lipinski definition) is 1. The fourth-order valence-corrected chi connectivity index (χ4v) is 3.85. The minimum Gasteiger partial charge on any atom is -0.370 e. The molecule has 2 unspecified atom stereocenters. The number of anilines is 1. The highest BCUT2D eigenvalue weighted by Crippen LogP contribution is 2.36. The average Bonchev–Trinajstić information content (AvgIpc) is 2.30. The second-order valence-corrected chi connectivity index (χ2v) is 6.29. The zero-order valence-corrected chi connectivity index (χ0v) is 11.6. The lowest BCUT2D eigenvalue weighted by Gasteiger charge is -2.26. The van der Waals surface area contributed by atoms with Crippen molar-refractivity contribution in [3.05, 3.63) is 18.3 Å². The third kappa shape index (κ3) is 3.91. The monoisotopic (exact) mass is 250 g/mol. The molecule has 0 amide bonds. The van der Waals surface area contributed by atoms with Crippen LogP contribution >= 0.6 is 11.8 Å². The summed E-state index contributed by atoms with van der Waals surface area (Å²) in [6.45, 7) is 5.41. The largest absolute Gasteiger partial charge is 0.370 e. The number of thioether (sulfide) groups is 1. The summed E-state index contributed by atoms with van der Waals surface area (Å²) in [5.41, 5.74) is 0. The van der Waals surface area contributed by atoms with E-state index < -0.39 is 0 Å². The maximum absolute atomic E-state index is 4.31. The van der Waals surface area contributed by atoms with Gasteiger partial charge in [0.2, 0.25) is 0 Å². The number of aromatic nitrogens is 1. The first kappa shape index (κ1) is 12.7. The fraction of sp³-hybridized carbons (Fsp3) is 0.643. The highest BCUT2D eigenvalue weighted by Gasteiger charge is 2.19. The number of pyridine rings is 1. The lowest BCUT2D eigenvalue weighted by molar-refractivity contribution is 0.394. The van der Waals surface area contributed by atoms with Crippen LogP contribution in [0.2, 0.25) is 0 Å². The maximum atomic E-state index is 4.31. The van der Waals surface area contributed by atoms with Gasteiger partial charge in [0, 0.05) is 22.9 Å². The van der Waals surface area contributed by atoms with Crippen molar-refractivity contribution in [2.75, 3.05) is 11.9 Å². The molecule has 1 aliphatic carbocycles. The molecule has 2 nitrogen and oxygen atoms in total. The van der Waals surface area contributed by atoms with Crippen LogP contribution in [0.1, 0.15) is 39.5 Å². The van der Waals surface area contributed by atoms with E-state index in [4.69, 9.17) is 0 Å². The van der Waals surface area contributed by atoms with Gasteiger partial charge in [0.25, 0.3) is 0 Å². The van der Waals surface area contributed by atoms with Gasteiger partial charge >= 0.3 is 0 Å². The first-order valence-corrected chi connectivity index (χ1v) is 7.52. The van der Waals surface area contributed by atoms with Gasteiger partial charge in [-0.05, 0) is 37.8 Å². The summed E-state index contributed by atoms with van der Waals surface area (Å²) in [6.07, 6.45) is 7.45. The molecule has 2 rings (SSSR count). The molecule has 0 saturated heterocycles. The molecule has 1 fully saturated rings. The Morgan fingerprint density at radius 1 is 1.47 bits per heavy atom. The lowest BCUT2D eigenvalue weighted by Crippen LogP contribution is -2.14. The molecule has 1 saturated carbocycles. The van der Waals surface area contributed by atoms with Gasteiger partial charge in [0.05, 0.1) is 0 Å². The minimum atomic E-state index is 0.802. The SMILES string of the molecule is CCNc1cc(SC2CCCC(C)C2)ccn1. The zero-order chi connectivity index (χ0) is 12.1. The van der Waals surface area contributed by atoms with Crippen LogP contribution in [-0.2, 0) is 0 Å². The summed E-state index contributed by atoms with van der Waals surface area (Å²) in [6, 6.07) is 4.30. The van der Waals surface area contributed by atoms with Gasteiger partial charge in [-0.2, -0.15) is 0 Å². The van der Waals surface area contributed by atoms with Crippen molar-refractivity contribution in [2.45, 2.75) is 49.7 Å². The second-order valence-electron chi connectivity index (χ2n) is 4.92. The van der Waals surface area contributed by atoms with Crippen LogP contribution in [0.5, 0.6) is 0 Å². The van der Waals surface area contributed by atoms with E-state index in [-0.39, 0.29) is 0 Å². The topological polar surface area (TPSA) is 24.9 Å².